The third kappa shape index (κ3) is 4.16. The highest BCUT2D eigenvalue weighted by atomic mass is 16.5. The molecule has 3 heteroatoms. The first-order chi connectivity index (χ1) is 10.3. The van der Waals surface area contributed by atoms with Crippen molar-refractivity contribution in [2.75, 3.05) is 26.2 Å². The monoisotopic (exact) mass is 287 g/mol. The second-order valence-corrected chi connectivity index (χ2v) is 6.34. The van der Waals surface area contributed by atoms with Crippen LogP contribution in [-0.4, -0.2) is 42.4 Å². The standard InChI is InChI=1S/C18H25NO2/c20-18(14-21-13-15-6-2-1-3-7-15)12-19-10-16-8-4-5-9-17(16)11-19/h1-7,16-18,20H,8-14H2/t16-,17+,18-/m0/s1. The van der Waals surface area contributed by atoms with Crippen molar-refractivity contribution in [1.29, 1.82) is 0 Å². The molecular formula is C18H25NO2. The van der Waals surface area contributed by atoms with E-state index in [2.05, 4.69) is 17.1 Å². The van der Waals surface area contributed by atoms with E-state index in [-0.39, 0.29) is 6.10 Å². The molecule has 1 aliphatic carbocycles. The zero-order chi connectivity index (χ0) is 14.5. The van der Waals surface area contributed by atoms with Crippen molar-refractivity contribution < 1.29 is 9.84 Å². The summed E-state index contributed by atoms with van der Waals surface area (Å²) in [6.45, 7) is 3.99. The zero-order valence-corrected chi connectivity index (χ0v) is 12.5. The fourth-order valence-electron chi connectivity index (χ4n) is 3.50. The molecule has 1 saturated heterocycles. The molecule has 1 aromatic carbocycles. The van der Waals surface area contributed by atoms with Gasteiger partial charge in [0, 0.05) is 19.6 Å². The molecule has 1 N–H and O–H groups in total. The van der Waals surface area contributed by atoms with Crippen molar-refractivity contribution in [3.05, 3.63) is 48.0 Å². The van der Waals surface area contributed by atoms with E-state index in [9.17, 15) is 5.11 Å². The minimum Gasteiger partial charge on any atom is -0.389 e. The summed E-state index contributed by atoms with van der Waals surface area (Å²) < 4.78 is 5.62. The van der Waals surface area contributed by atoms with Crippen molar-refractivity contribution >= 4 is 0 Å². The predicted molar refractivity (Wildman–Crippen MR) is 83.9 cm³/mol. The van der Waals surface area contributed by atoms with Gasteiger partial charge in [0.25, 0.3) is 0 Å². The molecule has 1 heterocycles. The Kier molecular flexibility index (Phi) is 5.07. The molecule has 0 amide bonds. The van der Waals surface area contributed by atoms with Gasteiger partial charge < -0.3 is 14.7 Å². The lowest BCUT2D eigenvalue weighted by atomic mass is 9.86. The Hall–Kier alpha value is -1.16. The topological polar surface area (TPSA) is 32.7 Å². The molecule has 0 radical (unpaired) electrons. The van der Waals surface area contributed by atoms with Crippen LogP contribution in [0, 0.1) is 11.8 Å². The second-order valence-electron chi connectivity index (χ2n) is 6.34. The van der Waals surface area contributed by atoms with Gasteiger partial charge >= 0.3 is 0 Å². The third-order valence-electron chi connectivity index (χ3n) is 4.59. The van der Waals surface area contributed by atoms with Gasteiger partial charge in [-0.1, -0.05) is 42.5 Å². The van der Waals surface area contributed by atoms with Crippen LogP contribution in [0.15, 0.2) is 42.5 Å². The number of allylic oxidation sites excluding steroid dienone is 2. The summed E-state index contributed by atoms with van der Waals surface area (Å²) in [5.74, 6) is 1.60. The SMILES string of the molecule is O[C@H](COCc1ccccc1)CN1C[C@H]2CC=CC[C@H]2C1. The molecule has 1 fully saturated rings. The number of fused-ring (bicyclic) bond motifs is 1. The quantitative estimate of drug-likeness (QED) is 0.816. The number of β-amino-alcohol motifs (C(OH)–C–C–N with tert-alkyl or cyclic N) is 1. The van der Waals surface area contributed by atoms with Gasteiger partial charge in [0.15, 0.2) is 0 Å². The summed E-state index contributed by atoms with van der Waals surface area (Å²) in [6, 6.07) is 10.1. The molecule has 0 bridgehead atoms. The second kappa shape index (κ2) is 7.21. The van der Waals surface area contributed by atoms with Crippen LogP contribution in [-0.2, 0) is 11.3 Å². The average Bonchev–Trinajstić information content (AvgIpc) is 2.90. The number of ether oxygens (including phenoxy) is 1. The first-order valence-corrected chi connectivity index (χ1v) is 7.98. The fourth-order valence-corrected chi connectivity index (χ4v) is 3.50. The predicted octanol–water partition coefficient (Wildman–Crippen LogP) is 2.46. The number of rotatable bonds is 6. The molecule has 2 aliphatic rings. The van der Waals surface area contributed by atoms with Crippen molar-refractivity contribution in [2.45, 2.75) is 25.6 Å². The molecule has 1 aliphatic heterocycles. The molecule has 3 nitrogen and oxygen atoms in total. The molecule has 3 atom stereocenters. The smallest absolute Gasteiger partial charge is 0.0900 e. The zero-order valence-electron chi connectivity index (χ0n) is 12.5. The van der Waals surface area contributed by atoms with Crippen LogP contribution in [0.3, 0.4) is 0 Å². The van der Waals surface area contributed by atoms with Crippen molar-refractivity contribution in [1.82, 2.24) is 4.90 Å². The summed E-state index contributed by atoms with van der Waals surface area (Å²) in [6.07, 6.45) is 6.65. The summed E-state index contributed by atoms with van der Waals surface area (Å²) in [5, 5.41) is 10.1. The maximum Gasteiger partial charge on any atom is 0.0900 e. The molecular weight excluding hydrogens is 262 g/mol. The Bertz CT molecular complexity index is 444. The molecule has 3 rings (SSSR count). The first kappa shape index (κ1) is 14.8. The highest BCUT2D eigenvalue weighted by molar-refractivity contribution is 5.13. The first-order valence-electron chi connectivity index (χ1n) is 7.98. The van der Waals surface area contributed by atoms with Gasteiger partial charge in [0.2, 0.25) is 0 Å². The van der Waals surface area contributed by atoms with E-state index in [1.54, 1.807) is 0 Å². The number of hydrogen-bond donors (Lipinski definition) is 1. The van der Waals surface area contributed by atoms with Crippen molar-refractivity contribution in [3.8, 4) is 0 Å². The molecule has 0 saturated carbocycles. The van der Waals surface area contributed by atoms with Crippen LogP contribution >= 0.6 is 0 Å². The normalized spacial score (nSPS) is 26.7. The Morgan fingerprint density at radius 3 is 2.43 bits per heavy atom. The van der Waals surface area contributed by atoms with E-state index in [0.717, 1.165) is 37.0 Å². The number of nitrogens with zero attached hydrogens (tertiary/aromatic N) is 1. The number of aliphatic hydroxyl groups is 1. The van der Waals surface area contributed by atoms with E-state index in [0.29, 0.717) is 13.2 Å². The maximum absolute atomic E-state index is 10.1. The lowest BCUT2D eigenvalue weighted by molar-refractivity contribution is 0.0126. The van der Waals surface area contributed by atoms with Gasteiger partial charge in [0.05, 0.1) is 19.3 Å². The summed E-state index contributed by atoms with van der Waals surface area (Å²) in [7, 11) is 0. The average molecular weight is 287 g/mol. The molecule has 114 valence electrons. The Balaban J connectivity index is 1.36. The number of aliphatic hydroxyl groups excluding tert-OH is 1. The highest BCUT2D eigenvalue weighted by Gasteiger charge is 2.33. The van der Waals surface area contributed by atoms with Crippen LogP contribution in [0.4, 0.5) is 0 Å². The lowest BCUT2D eigenvalue weighted by Gasteiger charge is -2.20. The fraction of sp³-hybridized carbons (Fsp3) is 0.556. The summed E-state index contributed by atoms with van der Waals surface area (Å²) in [5.41, 5.74) is 1.16. The van der Waals surface area contributed by atoms with Crippen LogP contribution in [0.1, 0.15) is 18.4 Å². The van der Waals surface area contributed by atoms with E-state index >= 15 is 0 Å². The molecule has 21 heavy (non-hydrogen) atoms. The summed E-state index contributed by atoms with van der Waals surface area (Å²) >= 11 is 0. The maximum atomic E-state index is 10.1. The number of benzene rings is 1. The molecule has 1 aromatic rings. The van der Waals surface area contributed by atoms with E-state index in [1.165, 1.54) is 12.8 Å². The van der Waals surface area contributed by atoms with Crippen LogP contribution < -0.4 is 0 Å². The lowest BCUT2D eigenvalue weighted by Crippen LogP contribution is -2.33. The number of hydrogen-bond acceptors (Lipinski definition) is 3. The van der Waals surface area contributed by atoms with Gasteiger partial charge in [0.1, 0.15) is 0 Å². The van der Waals surface area contributed by atoms with Crippen molar-refractivity contribution in [2.24, 2.45) is 11.8 Å². The Morgan fingerprint density at radius 2 is 1.76 bits per heavy atom. The molecule has 0 spiro atoms. The van der Waals surface area contributed by atoms with E-state index < -0.39 is 0 Å². The van der Waals surface area contributed by atoms with E-state index in [4.69, 9.17) is 4.74 Å². The Labute approximate surface area is 127 Å². The minimum absolute atomic E-state index is 0.387. The van der Waals surface area contributed by atoms with Gasteiger partial charge in [-0.2, -0.15) is 0 Å². The highest BCUT2D eigenvalue weighted by Crippen LogP contribution is 2.32. The van der Waals surface area contributed by atoms with Gasteiger partial charge in [-0.15, -0.1) is 0 Å². The van der Waals surface area contributed by atoms with Gasteiger partial charge in [-0.3, -0.25) is 0 Å². The van der Waals surface area contributed by atoms with Gasteiger partial charge in [-0.05, 0) is 30.2 Å². The Morgan fingerprint density at radius 1 is 1.10 bits per heavy atom. The van der Waals surface area contributed by atoms with Crippen molar-refractivity contribution in [3.63, 3.8) is 0 Å². The van der Waals surface area contributed by atoms with Crippen LogP contribution in [0.2, 0.25) is 0 Å². The van der Waals surface area contributed by atoms with Crippen LogP contribution in [0.25, 0.3) is 0 Å². The summed E-state index contributed by atoms with van der Waals surface area (Å²) in [4.78, 5) is 2.40. The third-order valence-corrected chi connectivity index (χ3v) is 4.59. The number of likely N-dealkylation sites (tertiary alicyclic amines) is 1. The van der Waals surface area contributed by atoms with Gasteiger partial charge in [-0.25, -0.2) is 0 Å². The minimum atomic E-state index is -0.387. The molecule has 0 aromatic heterocycles. The van der Waals surface area contributed by atoms with E-state index in [1.807, 2.05) is 30.3 Å². The van der Waals surface area contributed by atoms with Crippen LogP contribution in [0.5, 0.6) is 0 Å². The molecule has 0 unspecified atom stereocenters. The largest absolute Gasteiger partial charge is 0.389 e.